The number of nitrogens with zero attached hydrogens (tertiary/aromatic N) is 1. The SMILES string of the molecule is O=[C]N1CCCCC1CC(=O)O. The Morgan fingerprint density at radius 3 is 2.92 bits per heavy atom. The van der Waals surface area contributed by atoms with Crippen LogP contribution in [0.2, 0.25) is 0 Å². The van der Waals surface area contributed by atoms with Gasteiger partial charge < -0.3 is 10.0 Å². The molecule has 67 valence electrons. The maximum Gasteiger partial charge on any atom is 0.312 e. The average Bonchev–Trinajstić information content (AvgIpc) is 2.04. The fourth-order valence-corrected chi connectivity index (χ4v) is 1.53. The van der Waals surface area contributed by atoms with Crippen LogP contribution in [-0.2, 0) is 9.59 Å². The molecule has 0 spiro atoms. The Morgan fingerprint density at radius 1 is 1.58 bits per heavy atom. The lowest BCUT2D eigenvalue weighted by molar-refractivity contribution is -0.138. The molecule has 1 heterocycles. The first-order valence-electron chi connectivity index (χ1n) is 4.10. The summed E-state index contributed by atoms with van der Waals surface area (Å²) >= 11 is 0. The van der Waals surface area contributed by atoms with E-state index >= 15 is 0 Å². The summed E-state index contributed by atoms with van der Waals surface area (Å²) in [5, 5.41) is 8.52. The van der Waals surface area contributed by atoms with Crippen LogP contribution in [-0.4, -0.2) is 35.0 Å². The standard InChI is InChI=1S/C8H12NO3/c10-6-9-4-2-1-3-7(9)5-8(11)12/h7H,1-5H2,(H,11,12). The molecular weight excluding hydrogens is 158 g/mol. The van der Waals surface area contributed by atoms with Gasteiger partial charge in [-0.25, -0.2) is 0 Å². The molecule has 12 heavy (non-hydrogen) atoms. The molecule has 1 saturated heterocycles. The summed E-state index contributed by atoms with van der Waals surface area (Å²) < 4.78 is 0. The number of carbonyl (C=O) groups is 1. The van der Waals surface area contributed by atoms with Crippen LogP contribution in [0.25, 0.3) is 0 Å². The first kappa shape index (κ1) is 9.03. The van der Waals surface area contributed by atoms with Crippen LogP contribution in [0.4, 0.5) is 0 Å². The van der Waals surface area contributed by atoms with Crippen LogP contribution >= 0.6 is 0 Å². The predicted molar refractivity (Wildman–Crippen MR) is 42.3 cm³/mol. The number of likely N-dealkylation sites (tertiary alicyclic amines) is 1. The van der Waals surface area contributed by atoms with E-state index in [2.05, 4.69) is 0 Å². The molecule has 4 nitrogen and oxygen atoms in total. The highest BCUT2D eigenvalue weighted by Crippen LogP contribution is 2.17. The van der Waals surface area contributed by atoms with Gasteiger partial charge in [0.25, 0.3) is 0 Å². The molecule has 1 aliphatic heterocycles. The van der Waals surface area contributed by atoms with Gasteiger partial charge in [-0.15, -0.1) is 0 Å². The van der Waals surface area contributed by atoms with Crippen molar-refractivity contribution in [3.8, 4) is 0 Å². The summed E-state index contributed by atoms with van der Waals surface area (Å²) in [6.07, 6.45) is 4.60. The van der Waals surface area contributed by atoms with Gasteiger partial charge in [0.2, 0.25) is 0 Å². The molecule has 4 heteroatoms. The van der Waals surface area contributed by atoms with Crippen molar-refractivity contribution in [1.29, 1.82) is 0 Å². The average molecular weight is 170 g/mol. The third kappa shape index (κ3) is 2.22. The van der Waals surface area contributed by atoms with E-state index in [1.807, 2.05) is 0 Å². The Morgan fingerprint density at radius 2 is 2.33 bits per heavy atom. The molecule has 1 atom stereocenters. The number of rotatable bonds is 3. The predicted octanol–water partition coefficient (Wildman–Crippen LogP) is 0.383. The second kappa shape index (κ2) is 4.09. The van der Waals surface area contributed by atoms with E-state index in [-0.39, 0.29) is 12.5 Å². The summed E-state index contributed by atoms with van der Waals surface area (Å²) in [4.78, 5) is 22.2. The minimum atomic E-state index is -0.845. The van der Waals surface area contributed by atoms with E-state index < -0.39 is 5.97 Å². The van der Waals surface area contributed by atoms with Gasteiger partial charge >= 0.3 is 12.4 Å². The third-order valence-electron chi connectivity index (χ3n) is 2.15. The molecule has 1 amide bonds. The molecule has 0 aromatic heterocycles. The maximum atomic E-state index is 10.4. The lowest BCUT2D eigenvalue weighted by Gasteiger charge is -2.30. The number of carboxylic acids is 1. The minimum Gasteiger partial charge on any atom is -0.481 e. The van der Waals surface area contributed by atoms with Crippen LogP contribution in [0.5, 0.6) is 0 Å². The van der Waals surface area contributed by atoms with Gasteiger partial charge in [0, 0.05) is 12.6 Å². The van der Waals surface area contributed by atoms with Crippen LogP contribution in [0.15, 0.2) is 0 Å². The van der Waals surface area contributed by atoms with E-state index in [1.54, 1.807) is 6.41 Å². The Hall–Kier alpha value is -1.06. The molecular formula is C8H12NO3. The lowest BCUT2D eigenvalue weighted by Crippen LogP contribution is -2.39. The second-order valence-corrected chi connectivity index (χ2v) is 3.03. The number of piperidine rings is 1. The summed E-state index contributed by atoms with van der Waals surface area (Å²) in [5.74, 6) is -0.845. The summed E-state index contributed by atoms with van der Waals surface area (Å²) in [7, 11) is 0. The first-order chi connectivity index (χ1) is 5.74. The highest BCUT2D eigenvalue weighted by molar-refractivity contribution is 5.68. The van der Waals surface area contributed by atoms with E-state index in [0.717, 1.165) is 19.3 Å². The number of hydrogen-bond donors (Lipinski definition) is 1. The van der Waals surface area contributed by atoms with Crippen molar-refractivity contribution in [2.45, 2.75) is 31.7 Å². The first-order valence-corrected chi connectivity index (χ1v) is 4.10. The highest BCUT2D eigenvalue weighted by atomic mass is 16.4. The monoisotopic (exact) mass is 170 g/mol. The van der Waals surface area contributed by atoms with Crippen molar-refractivity contribution < 1.29 is 14.7 Å². The molecule has 1 fully saturated rings. The van der Waals surface area contributed by atoms with E-state index in [9.17, 15) is 9.59 Å². The van der Waals surface area contributed by atoms with Crippen LogP contribution < -0.4 is 0 Å². The van der Waals surface area contributed by atoms with Crippen molar-refractivity contribution in [3.63, 3.8) is 0 Å². The Kier molecular flexibility index (Phi) is 3.08. The summed E-state index contributed by atoms with van der Waals surface area (Å²) in [6.45, 7) is 0.654. The number of aliphatic carboxylic acids is 1. The van der Waals surface area contributed by atoms with Gasteiger partial charge in [-0.1, -0.05) is 0 Å². The molecule has 0 aromatic carbocycles. The van der Waals surface area contributed by atoms with E-state index in [4.69, 9.17) is 5.11 Å². The fraction of sp³-hybridized carbons (Fsp3) is 0.750. The van der Waals surface area contributed by atoms with E-state index in [0.29, 0.717) is 6.54 Å². The molecule has 0 aromatic rings. The Bertz CT molecular complexity index is 181. The molecule has 1 N–H and O–H groups in total. The Labute approximate surface area is 71.2 Å². The molecule has 1 rings (SSSR count). The van der Waals surface area contributed by atoms with Crippen molar-refractivity contribution >= 4 is 12.4 Å². The second-order valence-electron chi connectivity index (χ2n) is 3.03. The number of carbonyl (C=O) groups excluding carboxylic acids is 1. The number of hydrogen-bond acceptors (Lipinski definition) is 2. The number of carboxylic acid groups (broad SMARTS) is 1. The van der Waals surface area contributed by atoms with Crippen LogP contribution in [0.1, 0.15) is 25.7 Å². The zero-order valence-corrected chi connectivity index (χ0v) is 6.82. The minimum absolute atomic E-state index is 0.0508. The zero-order valence-electron chi connectivity index (χ0n) is 6.82. The van der Waals surface area contributed by atoms with E-state index in [1.165, 1.54) is 4.90 Å². The summed E-state index contributed by atoms with van der Waals surface area (Å²) in [6, 6.07) is -0.131. The number of amides is 1. The van der Waals surface area contributed by atoms with Crippen LogP contribution in [0.3, 0.4) is 0 Å². The highest BCUT2D eigenvalue weighted by Gasteiger charge is 2.23. The largest absolute Gasteiger partial charge is 0.481 e. The molecule has 0 bridgehead atoms. The van der Waals surface area contributed by atoms with Gasteiger partial charge in [0.1, 0.15) is 0 Å². The molecule has 1 radical (unpaired) electrons. The summed E-state index contributed by atoms with van der Waals surface area (Å²) in [5.41, 5.74) is 0. The van der Waals surface area contributed by atoms with Crippen molar-refractivity contribution in [3.05, 3.63) is 0 Å². The maximum absolute atomic E-state index is 10.4. The van der Waals surface area contributed by atoms with Gasteiger partial charge in [-0.3, -0.25) is 9.59 Å². The molecule has 1 aliphatic rings. The van der Waals surface area contributed by atoms with Gasteiger partial charge in [0.15, 0.2) is 0 Å². The van der Waals surface area contributed by atoms with Crippen molar-refractivity contribution in [2.24, 2.45) is 0 Å². The zero-order chi connectivity index (χ0) is 8.97. The van der Waals surface area contributed by atoms with Gasteiger partial charge in [0.05, 0.1) is 6.42 Å². The topological polar surface area (TPSA) is 57.6 Å². The normalized spacial score (nSPS) is 23.7. The van der Waals surface area contributed by atoms with Gasteiger partial charge in [-0.2, -0.15) is 0 Å². The third-order valence-corrected chi connectivity index (χ3v) is 2.15. The van der Waals surface area contributed by atoms with Crippen molar-refractivity contribution in [2.75, 3.05) is 6.54 Å². The van der Waals surface area contributed by atoms with Gasteiger partial charge in [-0.05, 0) is 19.3 Å². The Balaban J connectivity index is 2.46. The lowest BCUT2D eigenvalue weighted by atomic mass is 10.0. The molecule has 0 saturated carbocycles. The molecule has 1 unspecified atom stereocenters. The smallest absolute Gasteiger partial charge is 0.312 e. The quantitative estimate of drug-likeness (QED) is 0.666. The molecule has 0 aliphatic carbocycles. The van der Waals surface area contributed by atoms with Crippen LogP contribution in [0, 0.1) is 0 Å². The fourth-order valence-electron chi connectivity index (χ4n) is 1.53. The van der Waals surface area contributed by atoms with Crippen molar-refractivity contribution in [1.82, 2.24) is 4.90 Å².